The predicted octanol–water partition coefficient (Wildman–Crippen LogP) is 4.17. The molecule has 0 aromatic carbocycles. The van der Waals surface area contributed by atoms with Gasteiger partial charge in [0.25, 0.3) is 0 Å². The van der Waals surface area contributed by atoms with Gasteiger partial charge in [0.05, 0.1) is 17.1 Å². The van der Waals surface area contributed by atoms with Crippen molar-refractivity contribution in [2.24, 2.45) is 0 Å². The van der Waals surface area contributed by atoms with Crippen molar-refractivity contribution < 1.29 is 4.39 Å². The van der Waals surface area contributed by atoms with Gasteiger partial charge >= 0.3 is 0 Å². The molecule has 4 rings (SSSR count). The van der Waals surface area contributed by atoms with Crippen LogP contribution in [0.15, 0.2) is 24.2 Å². The lowest BCUT2D eigenvalue weighted by atomic mass is 10.2. The first-order valence-electron chi connectivity index (χ1n) is 9.05. The second kappa shape index (κ2) is 6.11. The molecule has 7 heteroatoms. The topological polar surface area (TPSA) is 60.9 Å². The van der Waals surface area contributed by atoms with E-state index in [0.29, 0.717) is 5.57 Å². The number of aromatic nitrogens is 6. The Morgan fingerprint density at radius 1 is 1.22 bits per heavy atom. The largest absolute Gasteiger partial charge is 0.305 e. The van der Waals surface area contributed by atoms with Crippen LogP contribution in [0.2, 0.25) is 0 Å². The highest BCUT2D eigenvalue weighted by Gasteiger charge is 2.45. The van der Waals surface area contributed by atoms with Crippen molar-refractivity contribution in [3.63, 3.8) is 0 Å². The smallest absolute Gasteiger partial charge is 0.177 e. The van der Waals surface area contributed by atoms with Gasteiger partial charge in [-0.1, -0.05) is 6.58 Å². The number of nitrogens with zero attached hydrogens (tertiary/aromatic N) is 6. The number of imidazole rings is 1. The minimum absolute atomic E-state index is 0.236. The van der Waals surface area contributed by atoms with Gasteiger partial charge in [-0.3, -0.25) is 4.98 Å². The van der Waals surface area contributed by atoms with E-state index < -0.39 is 0 Å². The molecule has 1 fully saturated rings. The standard InChI is InChI=1S/C20H23FN6/c1-10(2)17(21)9-26-13(5)18(23-14(26)6)15-7-16(15)19-24-20-12(4)22-8-11(3)27(20)25-19/h8-9,15-16H,1,7H2,2-6H3/b17-9+. The molecule has 0 bridgehead atoms. The molecule has 0 saturated heterocycles. The summed E-state index contributed by atoms with van der Waals surface area (Å²) in [5.41, 5.74) is 4.99. The van der Waals surface area contributed by atoms with E-state index in [4.69, 9.17) is 9.97 Å². The SMILES string of the molecule is C=C(C)/C(F)=C\n1c(C)nc(C2CC2c2nc3c(C)ncc(C)n3n2)c1C. The zero-order chi connectivity index (χ0) is 19.5. The van der Waals surface area contributed by atoms with Gasteiger partial charge in [-0.25, -0.2) is 18.9 Å². The van der Waals surface area contributed by atoms with Gasteiger partial charge < -0.3 is 4.57 Å². The second-order valence-electron chi connectivity index (χ2n) is 7.40. The van der Waals surface area contributed by atoms with Crippen molar-refractivity contribution in [3.05, 3.63) is 58.6 Å². The summed E-state index contributed by atoms with van der Waals surface area (Å²) in [6, 6.07) is 0. The van der Waals surface area contributed by atoms with Crippen molar-refractivity contribution in [3.8, 4) is 0 Å². The Kier molecular flexibility index (Phi) is 3.98. The maximum Gasteiger partial charge on any atom is 0.177 e. The molecule has 140 valence electrons. The van der Waals surface area contributed by atoms with Gasteiger partial charge in [0.2, 0.25) is 0 Å². The summed E-state index contributed by atoms with van der Waals surface area (Å²) >= 11 is 0. The first-order chi connectivity index (χ1) is 12.8. The minimum Gasteiger partial charge on any atom is -0.305 e. The van der Waals surface area contributed by atoms with Crippen LogP contribution in [0.25, 0.3) is 11.8 Å². The molecule has 0 amide bonds. The average Bonchev–Trinajstić information content (AvgIpc) is 3.19. The number of hydrogen-bond donors (Lipinski definition) is 0. The molecule has 6 nitrogen and oxygen atoms in total. The number of halogens is 1. The normalized spacial score (nSPS) is 19.7. The fourth-order valence-corrected chi connectivity index (χ4v) is 3.49. The zero-order valence-corrected chi connectivity index (χ0v) is 16.3. The maximum atomic E-state index is 14.0. The molecule has 0 radical (unpaired) electrons. The molecule has 3 aromatic heterocycles. The lowest BCUT2D eigenvalue weighted by Crippen LogP contribution is -1.97. The summed E-state index contributed by atoms with van der Waals surface area (Å²) in [6.07, 6.45) is 4.22. The highest BCUT2D eigenvalue weighted by atomic mass is 19.1. The molecular formula is C20H23FN6. The molecule has 3 aromatic rings. The molecule has 1 aliphatic rings. The van der Waals surface area contributed by atoms with E-state index in [2.05, 4.69) is 16.7 Å². The number of hydrogen-bond acceptors (Lipinski definition) is 4. The molecule has 27 heavy (non-hydrogen) atoms. The molecule has 1 aliphatic carbocycles. The second-order valence-corrected chi connectivity index (χ2v) is 7.40. The Hall–Kier alpha value is -2.83. The van der Waals surface area contributed by atoms with E-state index in [1.54, 1.807) is 11.5 Å². The lowest BCUT2D eigenvalue weighted by Gasteiger charge is -2.03. The van der Waals surface area contributed by atoms with E-state index in [-0.39, 0.29) is 17.7 Å². The summed E-state index contributed by atoms with van der Waals surface area (Å²) in [7, 11) is 0. The van der Waals surface area contributed by atoms with Crippen LogP contribution in [0.5, 0.6) is 0 Å². The molecule has 0 aliphatic heterocycles. The number of rotatable bonds is 4. The third kappa shape index (κ3) is 2.87. The number of aryl methyl sites for hydroxylation is 3. The summed E-state index contributed by atoms with van der Waals surface area (Å²) < 4.78 is 17.7. The molecule has 3 heterocycles. The molecule has 1 saturated carbocycles. The van der Waals surface area contributed by atoms with Crippen molar-refractivity contribution in [1.82, 2.24) is 29.1 Å². The van der Waals surface area contributed by atoms with Gasteiger partial charge in [0.15, 0.2) is 11.5 Å². The summed E-state index contributed by atoms with van der Waals surface area (Å²) in [4.78, 5) is 13.8. The zero-order valence-electron chi connectivity index (χ0n) is 16.3. The fourth-order valence-electron chi connectivity index (χ4n) is 3.49. The van der Waals surface area contributed by atoms with E-state index >= 15 is 0 Å². The summed E-state index contributed by atoms with van der Waals surface area (Å²) in [6.45, 7) is 13.1. The molecule has 2 atom stereocenters. The summed E-state index contributed by atoms with van der Waals surface area (Å²) in [5.74, 6) is 1.76. The van der Waals surface area contributed by atoms with Crippen molar-refractivity contribution in [2.75, 3.05) is 0 Å². The third-order valence-electron chi connectivity index (χ3n) is 5.21. The molecule has 2 unspecified atom stereocenters. The monoisotopic (exact) mass is 366 g/mol. The first-order valence-corrected chi connectivity index (χ1v) is 9.05. The number of fused-ring (bicyclic) bond motifs is 1. The van der Waals surface area contributed by atoms with Gasteiger partial charge in [-0.2, -0.15) is 5.10 Å². The van der Waals surface area contributed by atoms with Crippen molar-refractivity contribution >= 4 is 11.8 Å². The van der Waals surface area contributed by atoms with Gasteiger partial charge in [-0.05, 0) is 46.6 Å². The highest BCUT2D eigenvalue weighted by molar-refractivity contribution is 5.46. The van der Waals surface area contributed by atoms with Gasteiger partial charge in [0.1, 0.15) is 11.7 Å². The fraction of sp³-hybridized carbons (Fsp3) is 0.400. The maximum absolute atomic E-state index is 14.0. The van der Waals surface area contributed by atoms with E-state index in [1.165, 1.54) is 6.20 Å². The molecule has 0 spiro atoms. The quantitative estimate of drug-likeness (QED) is 0.650. The van der Waals surface area contributed by atoms with Crippen LogP contribution in [0.1, 0.15) is 59.6 Å². The molecular weight excluding hydrogens is 343 g/mol. The van der Waals surface area contributed by atoms with Crippen LogP contribution >= 0.6 is 0 Å². The van der Waals surface area contributed by atoms with Crippen LogP contribution < -0.4 is 0 Å². The van der Waals surface area contributed by atoms with Crippen LogP contribution in [-0.2, 0) is 0 Å². The van der Waals surface area contributed by atoms with E-state index in [1.807, 2.05) is 38.4 Å². The van der Waals surface area contributed by atoms with Gasteiger partial charge in [0, 0.05) is 29.9 Å². The van der Waals surface area contributed by atoms with Gasteiger partial charge in [-0.15, -0.1) is 0 Å². The van der Waals surface area contributed by atoms with Crippen molar-refractivity contribution in [1.29, 1.82) is 0 Å². The Morgan fingerprint density at radius 2 is 1.96 bits per heavy atom. The molecule has 0 N–H and O–H groups in total. The average molecular weight is 366 g/mol. The Bertz CT molecular complexity index is 1060. The predicted molar refractivity (Wildman–Crippen MR) is 102 cm³/mol. The Balaban J connectivity index is 1.67. The van der Waals surface area contributed by atoms with E-state index in [0.717, 1.165) is 46.5 Å². The first kappa shape index (κ1) is 17.6. The lowest BCUT2D eigenvalue weighted by molar-refractivity contribution is 0.653. The highest BCUT2D eigenvalue weighted by Crippen LogP contribution is 2.54. The number of allylic oxidation sites excluding steroid dienone is 2. The van der Waals surface area contributed by atoms with Crippen molar-refractivity contribution in [2.45, 2.75) is 52.9 Å². The third-order valence-corrected chi connectivity index (χ3v) is 5.21. The van der Waals surface area contributed by atoms with E-state index in [9.17, 15) is 4.39 Å². The van der Waals surface area contributed by atoms with Crippen LogP contribution in [0.3, 0.4) is 0 Å². The van der Waals surface area contributed by atoms with Crippen LogP contribution in [0, 0.1) is 27.7 Å². The summed E-state index contributed by atoms with van der Waals surface area (Å²) in [5, 5.41) is 4.69. The van der Waals surface area contributed by atoms with Crippen LogP contribution in [0.4, 0.5) is 4.39 Å². The Morgan fingerprint density at radius 3 is 2.63 bits per heavy atom. The minimum atomic E-state index is -0.335. The Labute approximate surface area is 157 Å². The van der Waals surface area contributed by atoms with Crippen LogP contribution in [-0.4, -0.2) is 29.1 Å².